The first kappa shape index (κ1) is 13.8. The summed E-state index contributed by atoms with van der Waals surface area (Å²) in [7, 11) is 0. The van der Waals surface area contributed by atoms with Crippen molar-refractivity contribution >= 4 is 22.7 Å². The number of H-pyrrole nitrogens is 1. The summed E-state index contributed by atoms with van der Waals surface area (Å²) in [4.78, 5) is 7.77. The molecule has 1 aliphatic carbocycles. The first-order valence-electron chi connectivity index (χ1n) is 7.92. The van der Waals surface area contributed by atoms with Crippen LogP contribution in [0.15, 0.2) is 30.3 Å². The largest absolute Gasteiger partial charge is 0.346 e. The van der Waals surface area contributed by atoms with Gasteiger partial charge in [-0.05, 0) is 56.5 Å². The number of hydrogen-bond donors (Lipinski definition) is 1. The number of benzene rings is 1. The monoisotopic (exact) mass is 302 g/mol. The SMILES string of the molecule is Cc1cc(/C=C(\C#N)c2nc3ccccc3[nH]2)c(C)n1C1CC1. The third-order valence-corrected chi connectivity index (χ3v) is 4.50. The van der Waals surface area contributed by atoms with Crippen molar-refractivity contribution in [1.29, 1.82) is 5.26 Å². The molecule has 2 heterocycles. The molecule has 0 bridgehead atoms. The zero-order valence-corrected chi connectivity index (χ0v) is 13.3. The van der Waals surface area contributed by atoms with Crippen LogP contribution in [0, 0.1) is 25.2 Å². The number of hydrogen-bond acceptors (Lipinski definition) is 2. The van der Waals surface area contributed by atoms with Crippen molar-refractivity contribution in [3.05, 3.63) is 53.1 Å². The topological polar surface area (TPSA) is 57.4 Å². The van der Waals surface area contributed by atoms with E-state index in [0.29, 0.717) is 17.4 Å². The van der Waals surface area contributed by atoms with Gasteiger partial charge in [0.05, 0.1) is 16.6 Å². The van der Waals surface area contributed by atoms with Gasteiger partial charge < -0.3 is 9.55 Å². The van der Waals surface area contributed by atoms with Crippen LogP contribution in [0.5, 0.6) is 0 Å². The number of nitriles is 1. The highest BCUT2D eigenvalue weighted by Crippen LogP contribution is 2.38. The molecule has 4 rings (SSSR count). The number of allylic oxidation sites excluding steroid dienone is 1. The Morgan fingerprint density at radius 3 is 2.83 bits per heavy atom. The van der Waals surface area contributed by atoms with Crippen molar-refractivity contribution < 1.29 is 0 Å². The standard InChI is InChI=1S/C19H18N4/c1-12-9-14(13(2)23(12)16-7-8-16)10-15(11-20)19-21-17-5-3-4-6-18(17)22-19/h3-6,9-10,16H,7-8H2,1-2H3,(H,21,22)/b15-10+. The minimum atomic E-state index is 0.567. The number of nitrogens with zero attached hydrogens (tertiary/aromatic N) is 3. The second kappa shape index (κ2) is 5.13. The molecule has 1 aromatic carbocycles. The van der Waals surface area contributed by atoms with Crippen LogP contribution in [0.3, 0.4) is 0 Å². The van der Waals surface area contributed by atoms with Gasteiger partial charge >= 0.3 is 0 Å². The lowest BCUT2D eigenvalue weighted by atomic mass is 10.1. The van der Waals surface area contributed by atoms with E-state index in [2.05, 4.69) is 40.5 Å². The van der Waals surface area contributed by atoms with Crippen LogP contribution in [0.1, 0.15) is 41.7 Å². The van der Waals surface area contributed by atoms with E-state index in [1.54, 1.807) is 0 Å². The Bertz CT molecular complexity index is 928. The molecule has 1 N–H and O–H groups in total. The summed E-state index contributed by atoms with van der Waals surface area (Å²) >= 11 is 0. The molecule has 0 aliphatic heterocycles. The van der Waals surface area contributed by atoms with Gasteiger partial charge in [-0.2, -0.15) is 5.26 Å². The van der Waals surface area contributed by atoms with E-state index in [1.165, 1.54) is 24.2 Å². The number of nitrogens with one attached hydrogen (secondary N) is 1. The van der Waals surface area contributed by atoms with Gasteiger partial charge in [-0.3, -0.25) is 0 Å². The fourth-order valence-electron chi connectivity index (χ4n) is 3.23. The Balaban J connectivity index is 1.79. The van der Waals surface area contributed by atoms with E-state index < -0.39 is 0 Å². The smallest absolute Gasteiger partial charge is 0.149 e. The number of aryl methyl sites for hydroxylation is 1. The Labute approximate surface area is 135 Å². The van der Waals surface area contributed by atoms with E-state index in [-0.39, 0.29) is 0 Å². The highest BCUT2D eigenvalue weighted by Gasteiger charge is 2.26. The van der Waals surface area contributed by atoms with E-state index in [4.69, 9.17) is 0 Å². The van der Waals surface area contributed by atoms with Crippen LogP contribution in [-0.2, 0) is 0 Å². The number of rotatable bonds is 3. The summed E-state index contributed by atoms with van der Waals surface area (Å²) in [6, 6.07) is 12.9. The maximum absolute atomic E-state index is 9.57. The Kier molecular flexibility index (Phi) is 3.09. The summed E-state index contributed by atoms with van der Waals surface area (Å²) in [5.41, 5.74) is 6.00. The molecule has 114 valence electrons. The second-order valence-electron chi connectivity index (χ2n) is 6.20. The van der Waals surface area contributed by atoms with Crippen LogP contribution in [0.25, 0.3) is 22.7 Å². The van der Waals surface area contributed by atoms with Crippen LogP contribution in [0.2, 0.25) is 0 Å². The third kappa shape index (κ3) is 2.35. The second-order valence-corrected chi connectivity index (χ2v) is 6.20. The van der Waals surface area contributed by atoms with E-state index in [1.807, 2.05) is 30.3 Å². The normalized spacial score (nSPS) is 15.1. The molecule has 0 spiro atoms. The van der Waals surface area contributed by atoms with Crippen LogP contribution in [0.4, 0.5) is 0 Å². The quantitative estimate of drug-likeness (QED) is 0.730. The van der Waals surface area contributed by atoms with Gasteiger partial charge in [-0.15, -0.1) is 0 Å². The van der Waals surface area contributed by atoms with E-state index >= 15 is 0 Å². The Hall–Kier alpha value is -2.80. The minimum absolute atomic E-state index is 0.567. The van der Waals surface area contributed by atoms with Crippen LogP contribution >= 0.6 is 0 Å². The van der Waals surface area contributed by atoms with Gasteiger partial charge in [0.2, 0.25) is 0 Å². The molecule has 3 aromatic rings. The molecule has 23 heavy (non-hydrogen) atoms. The lowest BCUT2D eigenvalue weighted by Crippen LogP contribution is -1.98. The Morgan fingerprint density at radius 1 is 1.35 bits per heavy atom. The van der Waals surface area contributed by atoms with Gasteiger partial charge in [0.15, 0.2) is 0 Å². The average Bonchev–Trinajstić information content (AvgIpc) is 3.21. The molecular formula is C19H18N4. The van der Waals surface area contributed by atoms with Gasteiger partial charge in [0.25, 0.3) is 0 Å². The van der Waals surface area contributed by atoms with Crippen molar-refractivity contribution in [2.24, 2.45) is 0 Å². The zero-order chi connectivity index (χ0) is 16.0. The average molecular weight is 302 g/mol. The highest BCUT2D eigenvalue weighted by molar-refractivity contribution is 5.90. The van der Waals surface area contributed by atoms with E-state index in [9.17, 15) is 5.26 Å². The fraction of sp³-hybridized carbons (Fsp3) is 0.263. The molecule has 1 aliphatic rings. The number of aromatic amines is 1. The lowest BCUT2D eigenvalue weighted by Gasteiger charge is -2.06. The molecule has 2 aromatic heterocycles. The predicted molar refractivity (Wildman–Crippen MR) is 91.8 cm³/mol. The predicted octanol–water partition coefficient (Wildman–Crippen LogP) is 4.38. The summed E-state index contributed by atoms with van der Waals surface area (Å²) in [6.45, 7) is 4.26. The summed E-state index contributed by atoms with van der Waals surface area (Å²) in [6.07, 6.45) is 4.46. The van der Waals surface area contributed by atoms with Crippen molar-refractivity contribution in [1.82, 2.24) is 14.5 Å². The van der Waals surface area contributed by atoms with Crippen LogP contribution < -0.4 is 0 Å². The highest BCUT2D eigenvalue weighted by atomic mass is 15.1. The van der Waals surface area contributed by atoms with Crippen molar-refractivity contribution in [2.75, 3.05) is 0 Å². The lowest BCUT2D eigenvalue weighted by molar-refractivity contribution is 0.699. The summed E-state index contributed by atoms with van der Waals surface area (Å²) < 4.78 is 2.39. The molecule has 0 radical (unpaired) electrons. The van der Waals surface area contributed by atoms with E-state index in [0.717, 1.165) is 16.6 Å². The first-order valence-corrected chi connectivity index (χ1v) is 7.92. The molecule has 0 saturated heterocycles. The first-order chi connectivity index (χ1) is 11.2. The van der Waals surface area contributed by atoms with Gasteiger partial charge in [0.1, 0.15) is 11.9 Å². The minimum Gasteiger partial charge on any atom is -0.346 e. The third-order valence-electron chi connectivity index (χ3n) is 4.50. The molecule has 0 amide bonds. The molecule has 1 saturated carbocycles. The number of fused-ring (bicyclic) bond motifs is 1. The number of imidazole rings is 1. The molecular weight excluding hydrogens is 284 g/mol. The maximum atomic E-state index is 9.57. The summed E-state index contributed by atoms with van der Waals surface area (Å²) in [5.74, 6) is 0.630. The van der Waals surface area contributed by atoms with Gasteiger partial charge in [-0.1, -0.05) is 12.1 Å². The van der Waals surface area contributed by atoms with Crippen LogP contribution in [-0.4, -0.2) is 14.5 Å². The zero-order valence-electron chi connectivity index (χ0n) is 13.3. The van der Waals surface area contributed by atoms with Gasteiger partial charge in [0, 0.05) is 17.4 Å². The molecule has 4 nitrogen and oxygen atoms in total. The fourth-order valence-corrected chi connectivity index (χ4v) is 3.23. The molecule has 0 atom stereocenters. The maximum Gasteiger partial charge on any atom is 0.149 e. The van der Waals surface area contributed by atoms with Gasteiger partial charge in [-0.25, -0.2) is 4.98 Å². The summed E-state index contributed by atoms with van der Waals surface area (Å²) in [5, 5.41) is 9.57. The molecule has 4 heteroatoms. The molecule has 1 fully saturated rings. The van der Waals surface area contributed by atoms with Crippen molar-refractivity contribution in [3.8, 4) is 6.07 Å². The number of aromatic nitrogens is 3. The number of para-hydroxylation sites is 2. The van der Waals surface area contributed by atoms with Crippen molar-refractivity contribution in [3.63, 3.8) is 0 Å². The Morgan fingerprint density at radius 2 is 2.13 bits per heavy atom. The van der Waals surface area contributed by atoms with Crippen molar-refractivity contribution in [2.45, 2.75) is 32.7 Å². The molecule has 0 unspecified atom stereocenters.